The van der Waals surface area contributed by atoms with Gasteiger partial charge in [-0.25, -0.2) is 0 Å². The summed E-state index contributed by atoms with van der Waals surface area (Å²) in [5.74, 6) is 0. The Labute approximate surface area is 67.8 Å². The number of nitrogens with one attached hydrogen (secondary N) is 1. The normalized spacial score (nSPS) is 14.5. The number of halogens is 1. The Hall–Kier alpha value is -0.570. The molecule has 2 heterocycles. The Bertz CT molecular complexity index is 260. The van der Waals surface area contributed by atoms with Crippen molar-refractivity contribution in [2.75, 3.05) is 11.9 Å². The van der Waals surface area contributed by atoms with Gasteiger partial charge >= 0.3 is 0 Å². The van der Waals surface area contributed by atoms with Crippen molar-refractivity contribution >= 4 is 21.6 Å². The van der Waals surface area contributed by atoms with Gasteiger partial charge < -0.3 is 5.32 Å². The van der Waals surface area contributed by atoms with Crippen molar-refractivity contribution in [3.63, 3.8) is 0 Å². The van der Waals surface area contributed by atoms with Gasteiger partial charge in [-0.1, -0.05) is 0 Å². The number of anilines is 1. The first-order valence-corrected chi connectivity index (χ1v) is 4.04. The molecule has 10 heavy (non-hydrogen) atoms. The molecule has 1 N–H and O–H groups in total. The number of pyridine rings is 1. The van der Waals surface area contributed by atoms with Crippen molar-refractivity contribution in [1.29, 1.82) is 0 Å². The van der Waals surface area contributed by atoms with E-state index in [-0.39, 0.29) is 0 Å². The fourth-order valence-corrected chi connectivity index (χ4v) is 1.65. The highest BCUT2D eigenvalue weighted by Gasteiger charge is 2.12. The van der Waals surface area contributed by atoms with Gasteiger partial charge in [-0.3, -0.25) is 4.98 Å². The molecule has 0 aromatic carbocycles. The summed E-state index contributed by atoms with van der Waals surface area (Å²) >= 11 is 3.44. The van der Waals surface area contributed by atoms with E-state index >= 15 is 0 Å². The number of hydrogen-bond acceptors (Lipinski definition) is 2. The van der Waals surface area contributed by atoms with Crippen LogP contribution in [0.15, 0.2) is 16.7 Å². The van der Waals surface area contributed by atoms with Crippen molar-refractivity contribution in [2.45, 2.75) is 6.42 Å². The smallest absolute Gasteiger partial charge is 0.0704 e. The lowest BCUT2D eigenvalue weighted by Gasteiger charge is -1.99. The third kappa shape index (κ3) is 0.814. The van der Waals surface area contributed by atoms with Gasteiger partial charge in [-0.2, -0.15) is 0 Å². The molecule has 0 fully saturated rings. The minimum Gasteiger partial charge on any atom is -0.382 e. The molecule has 0 spiro atoms. The van der Waals surface area contributed by atoms with Crippen molar-refractivity contribution < 1.29 is 0 Å². The molecule has 3 heteroatoms. The summed E-state index contributed by atoms with van der Waals surface area (Å²) < 4.78 is 1.12. The molecule has 0 saturated heterocycles. The van der Waals surface area contributed by atoms with E-state index < -0.39 is 0 Å². The summed E-state index contributed by atoms with van der Waals surface area (Å²) in [5, 5.41) is 3.26. The van der Waals surface area contributed by atoms with Crippen LogP contribution in [0.3, 0.4) is 0 Å². The second-order valence-electron chi connectivity index (χ2n) is 2.29. The Morgan fingerprint density at radius 3 is 3.30 bits per heavy atom. The molecule has 2 rings (SSSR count). The molecule has 1 aliphatic rings. The van der Waals surface area contributed by atoms with Crippen LogP contribution in [0, 0.1) is 0 Å². The fourth-order valence-electron chi connectivity index (χ4n) is 1.16. The maximum absolute atomic E-state index is 4.23. The fraction of sp³-hybridized carbons (Fsp3) is 0.286. The summed E-state index contributed by atoms with van der Waals surface area (Å²) in [5.41, 5.74) is 2.34. The Morgan fingerprint density at radius 1 is 1.60 bits per heavy atom. The molecule has 0 radical (unpaired) electrons. The SMILES string of the molecule is Brc1ccnc2c1NCC2. The van der Waals surface area contributed by atoms with Gasteiger partial charge in [0.15, 0.2) is 0 Å². The van der Waals surface area contributed by atoms with Crippen molar-refractivity contribution in [3.05, 3.63) is 22.4 Å². The van der Waals surface area contributed by atoms with E-state index in [0.29, 0.717) is 0 Å². The zero-order valence-electron chi connectivity index (χ0n) is 5.39. The summed E-state index contributed by atoms with van der Waals surface area (Å²) in [7, 11) is 0. The number of nitrogens with zero attached hydrogens (tertiary/aromatic N) is 1. The number of rotatable bonds is 0. The first-order chi connectivity index (χ1) is 4.88. The van der Waals surface area contributed by atoms with Gasteiger partial charge in [0, 0.05) is 23.6 Å². The van der Waals surface area contributed by atoms with E-state index in [0.717, 1.165) is 17.4 Å². The summed E-state index contributed by atoms with van der Waals surface area (Å²) in [6, 6.07) is 1.96. The van der Waals surface area contributed by atoms with Crippen LogP contribution in [0.4, 0.5) is 5.69 Å². The number of fused-ring (bicyclic) bond motifs is 1. The van der Waals surface area contributed by atoms with E-state index in [1.807, 2.05) is 12.3 Å². The van der Waals surface area contributed by atoms with Crippen LogP contribution in [-0.2, 0) is 6.42 Å². The zero-order valence-corrected chi connectivity index (χ0v) is 6.98. The third-order valence-corrected chi connectivity index (χ3v) is 2.30. The van der Waals surface area contributed by atoms with E-state index in [1.165, 1.54) is 11.4 Å². The molecule has 2 nitrogen and oxygen atoms in total. The van der Waals surface area contributed by atoms with Crippen LogP contribution in [0.25, 0.3) is 0 Å². The number of aromatic nitrogens is 1. The second-order valence-corrected chi connectivity index (χ2v) is 3.15. The van der Waals surface area contributed by atoms with Gasteiger partial charge in [0.05, 0.1) is 11.4 Å². The Kier molecular flexibility index (Phi) is 1.38. The molecule has 0 atom stereocenters. The van der Waals surface area contributed by atoms with Crippen molar-refractivity contribution in [2.24, 2.45) is 0 Å². The van der Waals surface area contributed by atoms with Gasteiger partial charge in [0.1, 0.15) is 0 Å². The van der Waals surface area contributed by atoms with Crippen LogP contribution < -0.4 is 5.32 Å². The topological polar surface area (TPSA) is 24.9 Å². The lowest BCUT2D eigenvalue weighted by Crippen LogP contribution is -1.91. The molecule has 0 bridgehead atoms. The molecule has 1 aromatic heterocycles. The minimum atomic E-state index is 1.02. The molecule has 1 aliphatic heterocycles. The van der Waals surface area contributed by atoms with E-state index in [2.05, 4.69) is 26.2 Å². The minimum absolute atomic E-state index is 1.02. The van der Waals surface area contributed by atoms with Gasteiger partial charge in [0.25, 0.3) is 0 Å². The third-order valence-electron chi connectivity index (χ3n) is 1.64. The largest absolute Gasteiger partial charge is 0.382 e. The Morgan fingerprint density at radius 2 is 2.50 bits per heavy atom. The van der Waals surface area contributed by atoms with Crippen molar-refractivity contribution in [1.82, 2.24) is 4.98 Å². The second kappa shape index (κ2) is 2.23. The molecular weight excluding hydrogens is 192 g/mol. The maximum atomic E-state index is 4.23. The standard InChI is InChI=1S/C7H7BrN2/c8-5-1-3-9-6-2-4-10-7(5)6/h1,3,10H,2,4H2. The van der Waals surface area contributed by atoms with E-state index in [4.69, 9.17) is 0 Å². The quantitative estimate of drug-likeness (QED) is 0.689. The average Bonchev–Trinajstić information content (AvgIpc) is 2.36. The van der Waals surface area contributed by atoms with Gasteiger partial charge in [-0.15, -0.1) is 0 Å². The Balaban J connectivity index is 2.59. The molecule has 52 valence electrons. The molecule has 0 saturated carbocycles. The van der Waals surface area contributed by atoms with Gasteiger partial charge in [0.2, 0.25) is 0 Å². The molecule has 0 amide bonds. The van der Waals surface area contributed by atoms with Gasteiger partial charge in [-0.05, 0) is 22.0 Å². The highest BCUT2D eigenvalue weighted by Crippen LogP contribution is 2.28. The summed E-state index contributed by atoms with van der Waals surface area (Å²) in [6.07, 6.45) is 2.88. The predicted octanol–water partition coefficient (Wildman–Crippen LogP) is 1.81. The molecule has 1 aromatic rings. The average molecular weight is 199 g/mol. The highest BCUT2D eigenvalue weighted by molar-refractivity contribution is 9.10. The lowest BCUT2D eigenvalue weighted by molar-refractivity contribution is 1.04. The highest BCUT2D eigenvalue weighted by atomic mass is 79.9. The van der Waals surface area contributed by atoms with Crippen molar-refractivity contribution in [3.8, 4) is 0 Å². The van der Waals surface area contributed by atoms with Crippen LogP contribution >= 0.6 is 15.9 Å². The monoisotopic (exact) mass is 198 g/mol. The maximum Gasteiger partial charge on any atom is 0.0704 e. The molecule has 0 aliphatic carbocycles. The summed E-state index contributed by atoms with van der Waals surface area (Å²) in [6.45, 7) is 1.02. The summed E-state index contributed by atoms with van der Waals surface area (Å²) in [4.78, 5) is 4.23. The first-order valence-electron chi connectivity index (χ1n) is 3.25. The predicted molar refractivity (Wildman–Crippen MR) is 44.1 cm³/mol. The van der Waals surface area contributed by atoms with Crippen LogP contribution in [-0.4, -0.2) is 11.5 Å². The first kappa shape index (κ1) is 6.16. The zero-order chi connectivity index (χ0) is 6.97. The number of hydrogen-bond donors (Lipinski definition) is 1. The van der Waals surface area contributed by atoms with Crippen LogP contribution in [0.2, 0.25) is 0 Å². The lowest BCUT2D eigenvalue weighted by atomic mass is 10.3. The van der Waals surface area contributed by atoms with Crippen LogP contribution in [0.1, 0.15) is 5.69 Å². The van der Waals surface area contributed by atoms with E-state index in [1.54, 1.807) is 0 Å². The molecular formula is C7H7BrN2. The molecule has 0 unspecified atom stereocenters. The van der Waals surface area contributed by atoms with Crippen LogP contribution in [0.5, 0.6) is 0 Å². The van der Waals surface area contributed by atoms with E-state index in [9.17, 15) is 0 Å².